The van der Waals surface area contributed by atoms with E-state index < -0.39 is 6.09 Å². The first-order valence-electron chi connectivity index (χ1n) is 5.51. The summed E-state index contributed by atoms with van der Waals surface area (Å²) in [5.74, 6) is -0.723. The summed E-state index contributed by atoms with van der Waals surface area (Å²) in [6.45, 7) is 3.07. The van der Waals surface area contributed by atoms with Gasteiger partial charge in [0.15, 0.2) is 0 Å². The molecule has 17 heavy (non-hydrogen) atoms. The molecule has 6 heteroatoms. The van der Waals surface area contributed by atoms with Crippen LogP contribution in [0.15, 0.2) is 12.1 Å². The molecule has 0 aliphatic heterocycles. The molecule has 0 bridgehead atoms. The molecule has 2 N–H and O–H groups in total. The Morgan fingerprint density at radius 2 is 1.88 bits per heavy atom. The normalized spacial score (nSPS) is 10.4. The van der Waals surface area contributed by atoms with Crippen LogP contribution in [0.5, 0.6) is 11.8 Å². The van der Waals surface area contributed by atoms with Gasteiger partial charge in [-0.25, -0.2) is 4.79 Å². The van der Waals surface area contributed by atoms with Crippen LogP contribution in [0.1, 0.15) is 19.8 Å². The summed E-state index contributed by atoms with van der Waals surface area (Å²) in [5.41, 5.74) is 0. The van der Waals surface area contributed by atoms with Crippen molar-refractivity contribution in [3.05, 3.63) is 12.1 Å². The van der Waals surface area contributed by atoms with Gasteiger partial charge < -0.3 is 19.7 Å². The first-order chi connectivity index (χ1) is 8.16. The van der Waals surface area contributed by atoms with Crippen LogP contribution in [0.4, 0.5) is 4.79 Å². The van der Waals surface area contributed by atoms with Crippen molar-refractivity contribution in [2.24, 2.45) is 0 Å². The minimum atomic E-state index is -0.830. The highest BCUT2D eigenvalue weighted by Crippen LogP contribution is 2.20. The van der Waals surface area contributed by atoms with E-state index in [9.17, 15) is 15.0 Å². The molecule has 1 aromatic rings. The second-order valence-electron chi connectivity index (χ2n) is 3.47. The average molecular weight is 243 g/mol. The number of nitrogens with zero attached hydrogens (tertiary/aromatic N) is 1. The maximum Gasteiger partial charge on any atom is 0.423 e. The van der Waals surface area contributed by atoms with E-state index in [0.29, 0.717) is 17.8 Å². The van der Waals surface area contributed by atoms with Crippen molar-refractivity contribution in [2.75, 3.05) is 19.8 Å². The standard InChI is InChI=1S/C11H17NO5/c1-2-3-6-16-7-8-17-11(15)12-9(13)4-5-10(12)14/h4-5,13-14H,2-3,6-8H2,1H3. The van der Waals surface area contributed by atoms with Crippen molar-refractivity contribution in [3.8, 4) is 11.8 Å². The van der Waals surface area contributed by atoms with Gasteiger partial charge in [-0.3, -0.25) is 0 Å². The average Bonchev–Trinajstić information content (AvgIpc) is 2.63. The fourth-order valence-electron chi connectivity index (χ4n) is 1.20. The zero-order valence-corrected chi connectivity index (χ0v) is 9.76. The number of aromatic nitrogens is 1. The van der Waals surface area contributed by atoms with Crippen LogP contribution in [-0.4, -0.2) is 40.7 Å². The van der Waals surface area contributed by atoms with Gasteiger partial charge in [0.25, 0.3) is 0 Å². The maximum absolute atomic E-state index is 11.4. The molecule has 0 fully saturated rings. The van der Waals surface area contributed by atoms with E-state index in [1.807, 2.05) is 0 Å². The molecule has 0 radical (unpaired) electrons. The Morgan fingerprint density at radius 1 is 1.24 bits per heavy atom. The third kappa shape index (κ3) is 3.99. The van der Waals surface area contributed by atoms with E-state index in [0.717, 1.165) is 12.8 Å². The summed E-state index contributed by atoms with van der Waals surface area (Å²) < 4.78 is 10.7. The summed E-state index contributed by atoms with van der Waals surface area (Å²) in [7, 11) is 0. The first-order valence-corrected chi connectivity index (χ1v) is 5.51. The molecule has 0 aromatic carbocycles. The zero-order valence-electron chi connectivity index (χ0n) is 9.76. The summed E-state index contributed by atoms with van der Waals surface area (Å²) in [5, 5.41) is 18.5. The van der Waals surface area contributed by atoms with Crippen LogP contribution >= 0.6 is 0 Å². The molecule has 1 aromatic heterocycles. The number of carbonyl (C=O) groups is 1. The number of rotatable bonds is 6. The number of hydrogen-bond donors (Lipinski definition) is 2. The van der Waals surface area contributed by atoms with Crippen LogP contribution in [0, 0.1) is 0 Å². The molecular formula is C11H17NO5. The Hall–Kier alpha value is -1.69. The quantitative estimate of drug-likeness (QED) is 0.743. The maximum atomic E-state index is 11.4. The minimum absolute atomic E-state index is 0.0829. The van der Waals surface area contributed by atoms with Gasteiger partial charge in [-0.15, -0.1) is 0 Å². The van der Waals surface area contributed by atoms with Crippen LogP contribution in [-0.2, 0) is 9.47 Å². The molecule has 0 saturated heterocycles. The van der Waals surface area contributed by atoms with Crippen LogP contribution in [0.25, 0.3) is 0 Å². The predicted molar refractivity (Wildman–Crippen MR) is 60.2 cm³/mol. The zero-order chi connectivity index (χ0) is 12.7. The van der Waals surface area contributed by atoms with Crippen LogP contribution < -0.4 is 0 Å². The summed E-state index contributed by atoms with van der Waals surface area (Å²) >= 11 is 0. The SMILES string of the molecule is CCCCOCCOC(=O)n1c(O)ccc1O. The Morgan fingerprint density at radius 3 is 2.47 bits per heavy atom. The van der Waals surface area contributed by atoms with Gasteiger partial charge in [0, 0.05) is 18.7 Å². The number of carbonyl (C=O) groups excluding carboxylic acids is 1. The van der Waals surface area contributed by atoms with Gasteiger partial charge in [-0.05, 0) is 6.42 Å². The van der Waals surface area contributed by atoms with Crippen molar-refractivity contribution in [2.45, 2.75) is 19.8 Å². The Kier molecular flexibility index (Phi) is 5.35. The van der Waals surface area contributed by atoms with Gasteiger partial charge >= 0.3 is 6.09 Å². The molecule has 0 aliphatic carbocycles. The summed E-state index contributed by atoms with van der Waals surface area (Å²) in [6.07, 6.45) is 1.18. The lowest BCUT2D eigenvalue weighted by atomic mass is 10.4. The van der Waals surface area contributed by atoms with E-state index in [1.165, 1.54) is 12.1 Å². The van der Waals surface area contributed by atoms with Crippen molar-refractivity contribution in [1.82, 2.24) is 4.57 Å². The predicted octanol–water partition coefficient (Wildman–Crippen LogP) is 1.70. The van der Waals surface area contributed by atoms with Crippen LogP contribution in [0.3, 0.4) is 0 Å². The number of hydrogen-bond acceptors (Lipinski definition) is 5. The molecule has 1 rings (SSSR count). The van der Waals surface area contributed by atoms with Gasteiger partial charge in [0.2, 0.25) is 11.8 Å². The van der Waals surface area contributed by atoms with E-state index in [1.54, 1.807) is 0 Å². The third-order valence-corrected chi connectivity index (χ3v) is 2.12. The summed E-state index contributed by atoms with van der Waals surface area (Å²) in [4.78, 5) is 11.4. The molecular weight excluding hydrogens is 226 g/mol. The molecule has 0 saturated carbocycles. The number of unbranched alkanes of at least 4 members (excludes halogenated alkanes) is 1. The third-order valence-electron chi connectivity index (χ3n) is 2.12. The number of aromatic hydroxyl groups is 2. The fourth-order valence-corrected chi connectivity index (χ4v) is 1.20. The van der Waals surface area contributed by atoms with Crippen LogP contribution in [0.2, 0.25) is 0 Å². The van der Waals surface area contributed by atoms with Crippen molar-refractivity contribution in [3.63, 3.8) is 0 Å². The van der Waals surface area contributed by atoms with Gasteiger partial charge in [-0.1, -0.05) is 13.3 Å². The lowest BCUT2D eigenvalue weighted by molar-refractivity contribution is 0.0706. The smallest absolute Gasteiger partial charge is 0.423 e. The molecule has 0 unspecified atom stereocenters. The van der Waals surface area contributed by atoms with E-state index in [2.05, 4.69) is 6.92 Å². The van der Waals surface area contributed by atoms with Gasteiger partial charge in [0.1, 0.15) is 6.61 Å². The molecule has 6 nitrogen and oxygen atoms in total. The van der Waals surface area contributed by atoms with Crippen molar-refractivity contribution < 1.29 is 24.5 Å². The summed E-state index contributed by atoms with van der Waals surface area (Å²) in [6, 6.07) is 2.41. The molecule has 0 aliphatic rings. The first kappa shape index (κ1) is 13.4. The monoisotopic (exact) mass is 243 g/mol. The highest BCUT2D eigenvalue weighted by Gasteiger charge is 2.14. The second kappa shape index (κ2) is 6.80. The fraction of sp³-hybridized carbons (Fsp3) is 0.545. The van der Waals surface area contributed by atoms with Crippen molar-refractivity contribution >= 4 is 6.09 Å². The van der Waals surface area contributed by atoms with E-state index in [4.69, 9.17) is 9.47 Å². The van der Waals surface area contributed by atoms with Gasteiger partial charge in [0.05, 0.1) is 6.61 Å². The Bertz CT molecular complexity index is 341. The molecule has 0 spiro atoms. The lowest BCUT2D eigenvalue weighted by Crippen LogP contribution is -2.16. The lowest BCUT2D eigenvalue weighted by Gasteiger charge is -2.07. The second-order valence-corrected chi connectivity index (χ2v) is 3.47. The van der Waals surface area contributed by atoms with E-state index >= 15 is 0 Å². The van der Waals surface area contributed by atoms with Gasteiger partial charge in [-0.2, -0.15) is 4.57 Å². The van der Waals surface area contributed by atoms with E-state index in [-0.39, 0.29) is 18.4 Å². The number of ether oxygens (including phenoxy) is 2. The topological polar surface area (TPSA) is 80.9 Å². The Labute approximate surface area is 99.4 Å². The Balaban J connectivity index is 2.26. The van der Waals surface area contributed by atoms with Crippen molar-refractivity contribution in [1.29, 1.82) is 0 Å². The highest BCUT2D eigenvalue weighted by molar-refractivity contribution is 5.74. The largest absolute Gasteiger partial charge is 0.494 e. The minimum Gasteiger partial charge on any atom is -0.494 e. The molecule has 0 atom stereocenters. The molecule has 96 valence electrons. The highest BCUT2D eigenvalue weighted by atomic mass is 16.6. The molecule has 1 heterocycles. The molecule has 0 amide bonds.